The maximum absolute atomic E-state index is 11.1. The highest BCUT2D eigenvalue weighted by Crippen LogP contribution is 2.26. The molecule has 1 N–H and O–H groups in total. The maximum atomic E-state index is 11.1. The summed E-state index contributed by atoms with van der Waals surface area (Å²) in [4.78, 5) is 11.1. The van der Waals surface area contributed by atoms with E-state index in [1.54, 1.807) is 0 Å². The quantitative estimate of drug-likeness (QED) is 0.503. The normalized spacial score (nSPS) is 30.2. The summed E-state index contributed by atoms with van der Waals surface area (Å²) in [7, 11) is 0. The number of carbonyl (C=O) groups excluding carboxylic acids is 1. The van der Waals surface area contributed by atoms with E-state index in [2.05, 4.69) is 5.32 Å². The summed E-state index contributed by atoms with van der Waals surface area (Å²) in [6, 6.07) is 0. The number of nitrogens with one attached hydrogen (secondary N) is 1. The van der Waals surface area contributed by atoms with Gasteiger partial charge in [-0.15, -0.1) is 0 Å². The number of hydrogen-bond acceptors (Lipinski definition) is 3. The first kappa shape index (κ1) is 6.31. The number of Topliss-reactive ketones (excluding diaryl/α,β-unsaturated/α-hetero) is 1. The van der Waals surface area contributed by atoms with E-state index in [9.17, 15) is 4.79 Å². The fourth-order valence-electron chi connectivity index (χ4n) is 1.59. The van der Waals surface area contributed by atoms with Gasteiger partial charge in [-0.2, -0.15) is 0 Å². The van der Waals surface area contributed by atoms with Crippen LogP contribution in [0.2, 0.25) is 0 Å². The van der Waals surface area contributed by atoms with Crippen molar-refractivity contribution >= 4 is 5.78 Å². The zero-order valence-corrected chi connectivity index (χ0v) is 5.85. The van der Waals surface area contributed by atoms with Gasteiger partial charge in [0, 0.05) is 13.2 Å². The Hall–Kier alpha value is -0.410. The van der Waals surface area contributed by atoms with Crippen LogP contribution in [0.1, 0.15) is 12.8 Å². The topological polar surface area (TPSA) is 38.3 Å². The monoisotopic (exact) mass is 141 g/mol. The Kier molecular flexibility index (Phi) is 1.28. The third-order valence-electron chi connectivity index (χ3n) is 2.47. The predicted octanol–water partition coefficient (Wildman–Crippen LogP) is -0.292. The Morgan fingerprint density at radius 1 is 1.40 bits per heavy atom. The highest BCUT2D eigenvalue weighted by Gasteiger charge is 2.45. The summed E-state index contributed by atoms with van der Waals surface area (Å²) in [6.45, 7) is 2.04. The molecule has 2 saturated heterocycles. The van der Waals surface area contributed by atoms with Gasteiger partial charge in [0.1, 0.15) is 0 Å². The number of hydrogen-bond donors (Lipinski definition) is 1. The zero-order chi connectivity index (χ0) is 7.03. The molecule has 0 atom stereocenters. The molecule has 1 spiro atoms. The lowest BCUT2D eigenvalue weighted by Crippen LogP contribution is -2.68. The van der Waals surface area contributed by atoms with Gasteiger partial charge in [-0.05, 0) is 12.8 Å². The second-order valence-corrected chi connectivity index (χ2v) is 2.97. The molecule has 0 bridgehead atoms. The molecule has 2 rings (SSSR count). The molecule has 2 fully saturated rings. The van der Waals surface area contributed by atoms with E-state index >= 15 is 0 Å². The van der Waals surface area contributed by atoms with Crippen LogP contribution in [0.4, 0.5) is 0 Å². The molecule has 56 valence electrons. The summed E-state index contributed by atoms with van der Waals surface area (Å²) in [6.07, 6.45) is 1.73. The molecule has 2 heterocycles. The van der Waals surface area contributed by atoms with E-state index in [-0.39, 0.29) is 5.54 Å². The van der Waals surface area contributed by atoms with Crippen LogP contribution in [-0.2, 0) is 9.53 Å². The molecular formula is C7H11NO2. The fourth-order valence-corrected chi connectivity index (χ4v) is 1.59. The van der Waals surface area contributed by atoms with Crippen molar-refractivity contribution < 1.29 is 9.53 Å². The lowest BCUT2D eigenvalue weighted by atomic mass is 9.79. The van der Waals surface area contributed by atoms with E-state index in [4.69, 9.17) is 4.74 Å². The largest absolute Gasteiger partial charge is 0.381 e. The lowest BCUT2D eigenvalue weighted by molar-refractivity contribution is -0.137. The Balaban J connectivity index is 2.06. The van der Waals surface area contributed by atoms with Crippen molar-refractivity contribution in [3.8, 4) is 0 Å². The van der Waals surface area contributed by atoms with Crippen LogP contribution in [0.25, 0.3) is 0 Å². The number of rotatable bonds is 0. The fraction of sp³-hybridized carbons (Fsp3) is 0.857. The third-order valence-corrected chi connectivity index (χ3v) is 2.47. The summed E-state index contributed by atoms with van der Waals surface area (Å²) < 4.78 is 5.16. The van der Waals surface area contributed by atoms with Crippen molar-refractivity contribution in [1.82, 2.24) is 5.32 Å². The van der Waals surface area contributed by atoms with Gasteiger partial charge in [-0.25, -0.2) is 0 Å². The van der Waals surface area contributed by atoms with Gasteiger partial charge in [-0.1, -0.05) is 0 Å². The molecule has 0 aromatic carbocycles. The van der Waals surface area contributed by atoms with Crippen LogP contribution in [0.5, 0.6) is 0 Å². The molecule has 0 aromatic heterocycles. The molecule has 2 aliphatic rings. The highest BCUT2D eigenvalue weighted by atomic mass is 16.5. The number of carbonyl (C=O) groups is 1. The van der Waals surface area contributed by atoms with Crippen LogP contribution < -0.4 is 5.32 Å². The zero-order valence-electron chi connectivity index (χ0n) is 5.85. The molecule has 0 unspecified atom stereocenters. The van der Waals surface area contributed by atoms with Crippen LogP contribution in [0.15, 0.2) is 0 Å². The van der Waals surface area contributed by atoms with Crippen molar-refractivity contribution in [2.75, 3.05) is 19.8 Å². The SMILES string of the molecule is O=C1CNC12CCOCC2. The Morgan fingerprint density at radius 3 is 2.40 bits per heavy atom. The molecule has 2 aliphatic heterocycles. The van der Waals surface area contributed by atoms with E-state index < -0.39 is 0 Å². The van der Waals surface area contributed by atoms with E-state index in [1.807, 2.05) is 0 Å². The first-order chi connectivity index (χ1) is 4.83. The first-order valence-electron chi connectivity index (χ1n) is 3.70. The van der Waals surface area contributed by atoms with Gasteiger partial charge < -0.3 is 4.74 Å². The minimum absolute atomic E-state index is 0.155. The first-order valence-corrected chi connectivity index (χ1v) is 3.70. The molecule has 0 aliphatic carbocycles. The van der Waals surface area contributed by atoms with E-state index in [0.29, 0.717) is 12.3 Å². The number of ether oxygens (including phenoxy) is 1. The average Bonchev–Trinajstić information content (AvgIpc) is 2.04. The Labute approximate surface area is 59.7 Å². The van der Waals surface area contributed by atoms with Crippen molar-refractivity contribution in [2.24, 2.45) is 0 Å². The van der Waals surface area contributed by atoms with Gasteiger partial charge in [-0.3, -0.25) is 10.1 Å². The Bertz CT molecular complexity index is 161. The molecule has 0 amide bonds. The van der Waals surface area contributed by atoms with Crippen LogP contribution in [-0.4, -0.2) is 31.1 Å². The van der Waals surface area contributed by atoms with Crippen LogP contribution in [0, 0.1) is 0 Å². The average molecular weight is 141 g/mol. The maximum Gasteiger partial charge on any atom is 0.166 e. The minimum atomic E-state index is -0.155. The smallest absolute Gasteiger partial charge is 0.166 e. The van der Waals surface area contributed by atoms with Gasteiger partial charge in [0.25, 0.3) is 0 Å². The van der Waals surface area contributed by atoms with E-state index in [1.165, 1.54) is 0 Å². The predicted molar refractivity (Wildman–Crippen MR) is 35.8 cm³/mol. The van der Waals surface area contributed by atoms with Crippen molar-refractivity contribution in [3.05, 3.63) is 0 Å². The summed E-state index contributed by atoms with van der Waals surface area (Å²) >= 11 is 0. The number of ketones is 1. The molecule has 0 aromatic rings. The molecule has 10 heavy (non-hydrogen) atoms. The van der Waals surface area contributed by atoms with Crippen molar-refractivity contribution in [1.29, 1.82) is 0 Å². The summed E-state index contributed by atoms with van der Waals surface area (Å²) in [5, 5.41) is 3.18. The van der Waals surface area contributed by atoms with Crippen molar-refractivity contribution in [3.63, 3.8) is 0 Å². The summed E-state index contributed by atoms with van der Waals surface area (Å²) in [5.74, 6) is 0.371. The standard InChI is InChI=1S/C7H11NO2/c9-6-5-8-7(6)1-3-10-4-2-7/h8H,1-5H2. The molecular weight excluding hydrogens is 130 g/mol. The van der Waals surface area contributed by atoms with E-state index in [0.717, 1.165) is 26.1 Å². The van der Waals surface area contributed by atoms with Crippen molar-refractivity contribution in [2.45, 2.75) is 18.4 Å². The van der Waals surface area contributed by atoms with Gasteiger partial charge in [0.05, 0.1) is 12.1 Å². The lowest BCUT2D eigenvalue weighted by Gasteiger charge is -2.43. The Morgan fingerprint density at radius 2 is 2.10 bits per heavy atom. The highest BCUT2D eigenvalue weighted by molar-refractivity contribution is 5.95. The molecule has 3 heteroatoms. The third kappa shape index (κ3) is 0.707. The van der Waals surface area contributed by atoms with Crippen LogP contribution >= 0.6 is 0 Å². The van der Waals surface area contributed by atoms with Gasteiger partial charge in [0.2, 0.25) is 0 Å². The second-order valence-electron chi connectivity index (χ2n) is 2.97. The van der Waals surface area contributed by atoms with Gasteiger partial charge >= 0.3 is 0 Å². The van der Waals surface area contributed by atoms with Gasteiger partial charge in [0.15, 0.2) is 5.78 Å². The molecule has 0 radical (unpaired) electrons. The van der Waals surface area contributed by atoms with Crippen LogP contribution in [0.3, 0.4) is 0 Å². The minimum Gasteiger partial charge on any atom is -0.381 e. The molecule has 3 nitrogen and oxygen atoms in total. The molecule has 0 saturated carbocycles. The second kappa shape index (κ2) is 2.04. The summed E-state index contributed by atoms with van der Waals surface area (Å²) in [5.41, 5.74) is -0.155.